The second-order valence-electron chi connectivity index (χ2n) is 6.93. The first-order valence-corrected chi connectivity index (χ1v) is 11.9. The molecule has 0 aliphatic carbocycles. The zero-order chi connectivity index (χ0) is 14.8. The summed E-state index contributed by atoms with van der Waals surface area (Å²) in [5, 5.41) is 4.85. The van der Waals surface area contributed by atoms with Gasteiger partial charge in [0.2, 0.25) is 0 Å². The number of benzene rings is 1. The molecule has 0 N–H and O–H groups in total. The minimum absolute atomic E-state index is 1.10. The van der Waals surface area contributed by atoms with Crippen molar-refractivity contribution in [3.05, 3.63) is 35.7 Å². The third-order valence-electron chi connectivity index (χ3n) is 5.16. The van der Waals surface area contributed by atoms with Gasteiger partial charge in [0.25, 0.3) is 0 Å². The van der Waals surface area contributed by atoms with Crippen molar-refractivity contribution in [2.75, 3.05) is 0 Å². The normalized spacial score (nSPS) is 16.8. The zero-order valence-corrected chi connectivity index (χ0v) is 15.1. The summed E-state index contributed by atoms with van der Waals surface area (Å²) < 4.78 is 5.29. The van der Waals surface area contributed by atoms with E-state index in [1.807, 2.05) is 11.3 Å². The van der Waals surface area contributed by atoms with Crippen LogP contribution >= 0.6 is 11.3 Å². The van der Waals surface area contributed by atoms with Crippen molar-refractivity contribution in [1.82, 2.24) is 0 Å². The van der Waals surface area contributed by atoms with Gasteiger partial charge in [-0.05, 0) is 29.3 Å². The number of fused-ring (bicyclic) bond motifs is 5. The molecule has 1 aliphatic rings. The van der Waals surface area contributed by atoms with Crippen molar-refractivity contribution in [2.45, 2.75) is 38.9 Å². The second kappa shape index (κ2) is 4.40. The van der Waals surface area contributed by atoms with E-state index in [0.29, 0.717) is 0 Å². The Kier molecular flexibility index (Phi) is 2.82. The number of thiophene rings is 1. The first-order chi connectivity index (χ1) is 10.0. The SMILES string of the molecule is CCc1c2sc3ccc4c(c3c2cc[n+]1C)[Si](C)(C)CC4. The van der Waals surface area contributed by atoms with Gasteiger partial charge in [0.05, 0.1) is 8.07 Å². The van der Waals surface area contributed by atoms with Crippen LogP contribution in [0.5, 0.6) is 0 Å². The Morgan fingerprint density at radius 2 is 2.05 bits per heavy atom. The van der Waals surface area contributed by atoms with Gasteiger partial charge >= 0.3 is 0 Å². The van der Waals surface area contributed by atoms with E-state index in [-0.39, 0.29) is 0 Å². The highest BCUT2D eigenvalue weighted by Gasteiger charge is 2.34. The monoisotopic (exact) mass is 312 g/mol. The van der Waals surface area contributed by atoms with Gasteiger partial charge in [-0.3, -0.25) is 0 Å². The maximum atomic E-state index is 2.55. The van der Waals surface area contributed by atoms with Crippen molar-refractivity contribution >= 4 is 44.8 Å². The summed E-state index contributed by atoms with van der Waals surface area (Å²) in [5.74, 6) is 0. The van der Waals surface area contributed by atoms with Crippen molar-refractivity contribution in [1.29, 1.82) is 0 Å². The van der Waals surface area contributed by atoms with Crippen LogP contribution in [0.3, 0.4) is 0 Å². The van der Waals surface area contributed by atoms with Gasteiger partial charge in [-0.1, -0.05) is 26.1 Å². The molecule has 0 saturated carbocycles. The van der Waals surface area contributed by atoms with E-state index >= 15 is 0 Å². The fraction of sp³-hybridized carbons (Fsp3) is 0.389. The van der Waals surface area contributed by atoms with Crippen LogP contribution in [0.4, 0.5) is 0 Å². The summed E-state index contributed by atoms with van der Waals surface area (Å²) in [6.07, 6.45) is 4.64. The van der Waals surface area contributed by atoms with E-state index in [9.17, 15) is 0 Å². The molecule has 0 unspecified atom stereocenters. The van der Waals surface area contributed by atoms with Gasteiger partial charge in [-0.2, -0.15) is 0 Å². The maximum absolute atomic E-state index is 2.55. The molecule has 0 bridgehead atoms. The van der Waals surface area contributed by atoms with E-state index in [1.165, 1.54) is 32.9 Å². The average molecular weight is 313 g/mol. The molecule has 0 saturated heterocycles. The van der Waals surface area contributed by atoms with Crippen molar-refractivity contribution in [2.24, 2.45) is 7.05 Å². The molecule has 108 valence electrons. The molecule has 0 amide bonds. The summed E-state index contributed by atoms with van der Waals surface area (Å²) in [6, 6.07) is 8.53. The maximum Gasteiger partial charge on any atom is 0.198 e. The molecule has 4 rings (SSSR count). The molecule has 1 aliphatic heterocycles. The van der Waals surface area contributed by atoms with Gasteiger partial charge in [-0.15, -0.1) is 11.3 Å². The Morgan fingerprint density at radius 1 is 1.24 bits per heavy atom. The van der Waals surface area contributed by atoms with Gasteiger partial charge in [-0.25, -0.2) is 4.57 Å². The summed E-state index contributed by atoms with van der Waals surface area (Å²) >= 11 is 2.00. The molecule has 0 radical (unpaired) electrons. The van der Waals surface area contributed by atoms with Crippen molar-refractivity contribution in [3.63, 3.8) is 0 Å². The minimum atomic E-state index is -1.25. The molecule has 1 nitrogen and oxygen atoms in total. The van der Waals surface area contributed by atoms with Gasteiger partial charge in [0, 0.05) is 28.0 Å². The van der Waals surface area contributed by atoms with Crippen LogP contribution in [-0.2, 0) is 19.9 Å². The fourth-order valence-electron chi connectivity index (χ4n) is 4.03. The van der Waals surface area contributed by atoms with Crippen LogP contribution in [0.15, 0.2) is 24.4 Å². The average Bonchev–Trinajstić information content (AvgIpc) is 2.96. The Bertz CT molecular complexity index is 876. The molecular weight excluding hydrogens is 290 g/mol. The second-order valence-corrected chi connectivity index (χ2v) is 12.7. The summed E-state index contributed by atoms with van der Waals surface area (Å²) in [7, 11) is 0.925. The number of nitrogens with zero attached hydrogens (tertiary/aromatic N) is 1. The van der Waals surface area contributed by atoms with Crippen LogP contribution < -0.4 is 9.75 Å². The fourth-order valence-corrected chi connectivity index (χ4v) is 8.65. The van der Waals surface area contributed by atoms with E-state index in [1.54, 1.807) is 16.1 Å². The molecule has 0 spiro atoms. The molecule has 0 atom stereocenters. The van der Waals surface area contributed by atoms with Gasteiger partial charge in [0.15, 0.2) is 11.9 Å². The molecule has 21 heavy (non-hydrogen) atoms. The lowest BCUT2D eigenvalue weighted by Crippen LogP contribution is -2.38. The largest absolute Gasteiger partial charge is 0.204 e. The van der Waals surface area contributed by atoms with E-state index in [4.69, 9.17) is 0 Å². The lowest BCUT2D eigenvalue weighted by Gasteiger charge is -2.17. The Morgan fingerprint density at radius 3 is 2.81 bits per heavy atom. The van der Waals surface area contributed by atoms with E-state index in [2.05, 4.69) is 56.0 Å². The highest BCUT2D eigenvalue weighted by molar-refractivity contribution is 7.26. The van der Waals surface area contributed by atoms with E-state index in [0.717, 1.165) is 6.42 Å². The third kappa shape index (κ3) is 1.77. The number of aryl methyl sites for hydroxylation is 3. The highest BCUT2D eigenvalue weighted by atomic mass is 32.1. The number of aromatic nitrogens is 1. The van der Waals surface area contributed by atoms with Crippen LogP contribution in [-0.4, -0.2) is 8.07 Å². The van der Waals surface area contributed by atoms with Gasteiger partial charge < -0.3 is 0 Å². The lowest BCUT2D eigenvalue weighted by molar-refractivity contribution is -0.677. The quantitative estimate of drug-likeness (QED) is 0.474. The molecule has 3 heterocycles. The number of rotatable bonds is 1. The van der Waals surface area contributed by atoms with Crippen molar-refractivity contribution < 1.29 is 4.57 Å². The third-order valence-corrected chi connectivity index (χ3v) is 9.81. The van der Waals surface area contributed by atoms with E-state index < -0.39 is 8.07 Å². The molecule has 3 heteroatoms. The summed E-state index contributed by atoms with van der Waals surface area (Å²) in [5.41, 5.74) is 3.10. The predicted molar refractivity (Wildman–Crippen MR) is 95.5 cm³/mol. The number of pyridine rings is 1. The van der Waals surface area contributed by atoms with Crippen LogP contribution in [0.2, 0.25) is 19.1 Å². The minimum Gasteiger partial charge on any atom is -0.204 e. The van der Waals surface area contributed by atoms with Crippen LogP contribution in [0.25, 0.3) is 20.2 Å². The standard InChI is InChI=1S/C18H22NSSi/c1-5-14-17-13(8-10-19(14)2)16-15(20-17)7-6-12-9-11-21(3,4)18(12)16/h6-8,10H,5,9,11H2,1-4H3/q+1. The topological polar surface area (TPSA) is 3.88 Å². The van der Waals surface area contributed by atoms with Crippen molar-refractivity contribution in [3.8, 4) is 0 Å². The summed E-state index contributed by atoms with van der Waals surface area (Å²) in [6.45, 7) is 7.36. The Hall–Kier alpha value is -1.19. The predicted octanol–water partition coefficient (Wildman–Crippen LogP) is 3.91. The summed E-state index contributed by atoms with van der Waals surface area (Å²) in [4.78, 5) is 0. The molecule has 0 fully saturated rings. The zero-order valence-electron chi connectivity index (χ0n) is 13.3. The molecular formula is C18H22NSSi+. The molecule has 3 aromatic rings. The number of hydrogen-bond donors (Lipinski definition) is 0. The first kappa shape index (κ1) is 13.5. The molecule has 2 aromatic heterocycles. The lowest BCUT2D eigenvalue weighted by atomic mass is 10.1. The highest BCUT2D eigenvalue weighted by Crippen LogP contribution is 2.38. The molecule has 1 aromatic carbocycles. The van der Waals surface area contributed by atoms with Gasteiger partial charge in [0.1, 0.15) is 11.7 Å². The first-order valence-electron chi connectivity index (χ1n) is 7.89. The Labute approximate surface area is 131 Å². The number of hydrogen-bond acceptors (Lipinski definition) is 1. The van der Waals surface area contributed by atoms with Crippen LogP contribution in [0, 0.1) is 0 Å². The van der Waals surface area contributed by atoms with Crippen LogP contribution in [0.1, 0.15) is 18.2 Å². The Balaban J connectivity index is 2.21. The smallest absolute Gasteiger partial charge is 0.198 e.